The van der Waals surface area contributed by atoms with Gasteiger partial charge in [-0.2, -0.15) is 6.15 Å². The lowest BCUT2D eigenvalue weighted by atomic mass is 10.3. The van der Waals surface area contributed by atoms with Gasteiger partial charge in [0.05, 0.1) is 6.33 Å². The van der Waals surface area contributed by atoms with Crippen molar-refractivity contribution in [2.24, 2.45) is 0 Å². The molecule has 1 aromatic heterocycles. The minimum absolute atomic E-state index is 0. The van der Waals surface area contributed by atoms with E-state index in [-0.39, 0.29) is 6.15 Å². The predicted molar refractivity (Wildman–Crippen MR) is 40.3 cm³/mol. The Bertz CT molecular complexity index is 157. The molecule has 1 heterocycles. The minimum Gasteiger partial charge on any atom is -0.335 e. The van der Waals surface area contributed by atoms with Crippen LogP contribution < -0.4 is 6.15 Å². The molecule has 0 spiro atoms. The maximum atomic E-state index is 3.95. The van der Waals surface area contributed by atoms with Crippen molar-refractivity contribution in [3.63, 3.8) is 0 Å². The zero-order valence-electron chi connectivity index (χ0n) is 6.41. The normalized spacial score (nSPS) is 12.2. The third-order valence-electron chi connectivity index (χ3n) is 1.62. The molecular formula is C7H13N3. The van der Waals surface area contributed by atoms with E-state index in [4.69, 9.17) is 0 Å². The van der Waals surface area contributed by atoms with Crippen molar-refractivity contribution in [2.45, 2.75) is 26.3 Å². The highest BCUT2D eigenvalue weighted by atomic mass is 15.0. The van der Waals surface area contributed by atoms with Crippen molar-refractivity contribution < 1.29 is 0 Å². The quantitative estimate of drug-likeness (QED) is 0.613. The van der Waals surface area contributed by atoms with E-state index in [0.29, 0.717) is 6.04 Å². The SMILES string of the molecule is CCC(C)n1ccnc1.[NH]. The molecule has 0 aromatic carbocycles. The average molecular weight is 139 g/mol. The Morgan fingerprint density at radius 3 is 2.70 bits per heavy atom. The van der Waals surface area contributed by atoms with Crippen LogP contribution in [0.15, 0.2) is 18.7 Å². The van der Waals surface area contributed by atoms with Gasteiger partial charge in [-0.1, -0.05) is 6.92 Å². The van der Waals surface area contributed by atoms with Crippen LogP contribution in [-0.4, -0.2) is 9.55 Å². The second kappa shape index (κ2) is 4.06. The molecule has 0 saturated carbocycles. The standard InChI is InChI=1S/C7H12N2.HN/c1-3-7(2)9-5-4-8-6-9;/h4-7H,3H2,1-2H3;1H. The van der Waals surface area contributed by atoms with E-state index in [0.717, 1.165) is 6.42 Å². The number of nitrogens with zero attached hydrogens (tertiary/aromatic N) is 2. The zero-order chi connectivity index (χ0) is 6.69. The van der Waals surface area contributed by atoms with Crippen LogP contribution in [0.5, 0.6) is 0 Å². The Kier molecular flexibility index (Phi) is 3.72. The van der Waals surface area contributed by atoms with Crippen LogP contribution in [0.4, 0.5) is 0 Å². The Balaban J connectivity index is 0.000000810. The minimum atomic E-state index is 0. The first-order valence-corrected chi connectivity index (χ1v) is 3.32. The Hall–Kier alpha value is -0.830. The second-order valence-electron chi connectivity index (χ2n) is 2.27. The van der Waals surface area contributed by atoms with Gasteiger partial charge in [-0.25, -0.2) is 4.98 Å². The van der Waals surface area contributed by atoms with Crippen LogP contribution in [0.2, 0.25) is 0 Å². The van der Waals surface area contributed by atoms with Gasteiger partial charge in [0.25, 0.3) is 0 Å². The molecule has 3 nitrogen and oxygen atoms in total. The third-order valence-corrected chi connectivity index (χ3v) is 1.62. The molecule has 3 heteroatoms. The highest BCUT2D eigenvalue weighted by Crippen LogP contribution is 2.06. The average Bonchev–Trinajstić information content (AvgIpc) is 2.37. The topological polar surface area (TPSA) is 49.8 Å². The summed E-state index contributed by atoms with van der Waals surface area (Å²) in [6, 6.07) is 0.590. The van der Waals surface area contributed by atoms with Gasteiger partial charge < -0.3 is 4.57 Å². The maximum absolute atomic E-state index is 3.95. The van der Waals surface area contributed by atoms with Crippen LogP contribution in [-0.2, 0) is 0 Å². The Labute approximate surface area is 61.7 Å². The van der Waals surface area contributed by atoms with Gasteiger partial charge >= 0.3 is 0 Å². The molecule has 0 aliphatic rings. The summed E-state index contributed by atoms with van der Waals surface area (Å²) in [5.41, 5.74) is 0. The molecule has 0 aliphatic heterocycles. The molecule has 0 saturated heterocycles. The Morgan fingerprint density at radius 2 is 2.30 bits per heavy atom. The molecular weight excluding hydrogens is 126 g/mol. The number of hydrogen-bond donors (Lipinski definition) is 0. The van der Waals surface area contributed by atoms with Crippen molar-refractivity contribution in [1.29, 1.82) is 0 Å². The number of hydrogen-bond acceptors (Lipinski definition) is 1. The predicted octanol–water partition coefficient (Wildman–Crippen LogP) is 1.59. The van der Waals surface area contributed by atoms with E-state index >= 15 is 0 Å². The zero-order valence-corrected chi connectivity index (χ0v) is 6.41. The monoisotopic (exact) mass is 139 g/mol. The fraction of sp³-hybridized carbons (Fsp3) is 0.571. The van der Waals surface area contributed by atoms with Crippen LogP contribution >= 0.6 is 0 Å². The summed E-state index contributed by atoms with van der Waals surface area (Å²) >= 11 is 0. The molecule has 10 heavy (non-hydrogen) atoms. The summed E-state index contributed by atoms with van der Waals surface area (Å²) in [5.74, 6) is 0. The summed E-state index contributed by atoms with van der Waals surface area (Å²) in [7, 11) is 0. The van der Waals surface area contributed by atoms with Gasteiger partial charge in [-0.05, 0) is 13.3 Å². The van der Waals surface area contributed by atoms with Crippen molar-refractivity contribution >= 4 is 0 Å². The summed E-state index contributed by atoms with van der Waals surface area (Å²) in [4.78, 5) is 3.95. The van der Waals surface area contributed by atoms with Crippen molar-refractivity contribution in [3.05, 3.63) is 18.7 Å². The van der Waals surface area contributed by atoms with Crippen LogP contribution in [0.1, 0.15) is 26.3 Å². The molecule has 1 N–H and O–H groups in total. The molecule has 0 amide bonds. The van der Waals surface area contributed by atoms with Gasteiger partial charge in [0.2, 0.25) is 0 Å². The lowest BCUT2D eigenvalue weighted by Gasteiger charge is -2.07. The fourth-order valence-electron chi connectivity index (χ4n) is 0.741. The van der Waals surface area contributed by atoms with E-state index in [1.54, 1.807) is 0 Å². The largest absolute Gasteiger partial charge is 0.335 e. The number of aromatic nitrogens is 2. The summed E-state index contributed by atoms with van der Waals surface area (Å²) in [6.45, 7) is 4.35. The maximum Gasteiger partial charge on any atom is 0.0948 e. The molecule has 2 radical (unpaired) electrons. The number of nitrogens with one attached hydrogen (secondary N) is 1. The first kappa shape index (κ1) is 9.17. The van der Waals surface area contributed by atoms with E-state index in [2.05, 4.69) is 23.4 Å². The lowest BCUT2D eigenvalue weighted by Crippen LogP contribution is -1.99. The van der Waals surface area contributed by atoms with Crippen molar-refractivity contribution in [3.8, 4) is 0 Å². The molecule has 1 unspecified atom stereocenters. The molecule has 1 rings (SSSR count). The molecule has 0 bridgehead atoms. The van der Waals surface area contributed by atoms with Gasteiger partial charge in [0.1, 0.15) is 0 Å². The smallest absolute Gasteiger partial charge is 0.0948 e. The van der Waals surface area contributed by atoms with Gasteiger partial charge in [0, 0.05) is 18.4 Å². The van der Waals surface area contributed by atoms with Crippen molar-refractivity contribution in [1.82, 2.24) is 15.7 Å². The van der Waals surface area contributed by atoms with Crippen molar-refractivity contribution in [2.75, 3.05) is 0 Å². The lowest BCUT2D eigenvalue weighted by molar-refractivity contribution is 0.530. The highest BCUT2D eigenvalue weighted by molar-refractivity contribution is 4.77. The van der Waals surface area contributed by atoms with E-state index < -0.39 is 0 Å². The van der Waals surface area contributed by atoms with Crippen LogP contribution in [0.25, 0.3) is 0 Å². The van der Waals surface area contributed by atoms with Crippen LogP contribution in [0.3, 0.4) is 0 Å². The van der Waals surface area contributed by atoms with Gasteiger partial charge in [0.15, 0.2) is 0 Å². The van der Waals surface area contributed by atoms with E-state index in [1.165, 1.54) is 0 Å². The molecule has 1 atom stereocenters. The molecule has 1 aromatic rings. The van der Waals surface area contributed by atoms with Crippen LogP contribution in [0, 0.1) is 0 Å². The second-order valence-corrected chi connectivity index (χ2v) is 2.27. The first-order chi connectivity index (χ1) is 4.34. The van der Waals surface area contributed by atoms with Gasteiger partial charge in [-0.15, -0.1) is 0 Å². The van der Waals surface area contributed by atoms with Gasteiger partial charge in [-0.3, -0.25) is 0 Å². The third kappa shape index (κ3) is 1.84. The summed E-state index contributed by atoms with van der Waals surface area (Å²) < 4.78 is 2.11. The Morgan fingerprint density at radius 1 is 1.60 bits per heavy atom. The number of rotatable bonds is 2. The highest BCUT2D eigenvalue weighted by Gasteiger charge is 1.96. The summed E-state index contributed by atoms with van der Waals surface area (Å²) in [5, 5.41) is 0. The molecule has 56 valence electrons. The number of imidazole rings is 1. The first-order valence-electron chi connectivity index (χ1n) is 3.32. The van der Waals surface area contributed by atoms with E-state index in [9.17, 15) is 0 Å². The summed E-state index contributed by atoms with van der Waals surface area (Å²) in [6.07, 6.45) is 6.82. The van der Waals surface area contributed by atoms with E-state index in [1.807, 2.05) is 18.7 Å². The molecule has 0 aliphatic carbocycles. The fourth-order valence-corrected chi connectivity index (χ4v) is 0.741. The molecule has 0 fully saturated rings.